The number of nitrogens with zero attached hydrogens (tertiary/aromatic N) is 3. The summed E-state index contributed by atoms with van der Waals surface area (Å²) in [5.74, 6) is 1.41. The highest BCUT2D eigenvalue weighted by Gasteiger charge is 2.04. The smallest absolute Gasteiger partial charge is 0.313 e. The quantitative estimate of drug-likeness (QED) is 0.765. The molecule has 1 N–H and O–H groups in total. The van der Waals surface area contributed by atoms with Crippen LogP contribution in [0.15, 0.2) is 0 Å². The highest BCUT2D eigenvalue weighted by atomic mass is 32.2. The minimum absolute atomic E-state index is 0.103. The van der Waals surface area contributed by atoms with Gasteiger partial charge in [0.25, 0.3) is 0 Å². The third-order valence-corrected chi connectivity index (χ3v) is 2.33. The average Bonchev–Trinajstić information content (AvgIpc) is 2.29. The lowest BCUT2D eigenvalue weighted by atomic mass is 10.7. The summed E-state index contributed by atoms with van der Waals surface area (Å²) in [4.78, 5) is 14.4. The number of aryl methyl sites for hydroxylation is 2. The van der Waals surface area contributed by atoms with Crippen LogP contribution in [0.25, 0.3) is 0 Å². The van der Waals surface area contributed by atoms with Crippen LogP contribution in [0, 0.1) is 6.92 Å². The highest BCUT2D eigenvalue weighted by molar-refractivity contribution is 7.99. The molecule has 0 aliphatic carbocycles. The molecule has 0 amide bonds. The fourth-order valence-electron chi connectivity index (χ4n) is 0.912. The third-order valence-electron chi connectivity index (χ3n) is 1.42. The first-order chi connectivity index (χ1) is 6.09. The van der Waals surface area contributed by atoms with Crippen LogP contribution in [0.5, 0.6) is 0 Å². The SMILES string of the molecule is Cc1nc(CSCC(=O)O)n(C)n1. The predicted octanol–water partition coefficient (Wildman–Crippen LogP) is 0.441. The topological polar surface area (TPSA) is 68.0 Å². The molecule has 1 aromatic rings. The van der Waals surface area contributed by atoms with Gasteiger partial charge < -0.3 is 5.11 Å². The van der Waals surface area contributed by atoms with Crippen molar-refractivity contribution in [2.75, 3.05) is 5.75 Å². The van der Waals surface area contributed by atoms with E-state index in [2.05, 4.69) is 10.1 Å². The van der Waals surface area contributed by atoms with Crippen LogP contribution in [0.4, 0.5) is 0 Å². The number of carboxylic acids is 1. The number of aromatic nitrogens is 3. The van der Waals surface area contributed by atoms with Gasteiger partial charge >= 0.3 is 5.97 Å². The second kappa shape index (κ2) is 4.27. The second-order valence-corrected chi connectivity index (χ2v) is 3.57. The zero-order chi connectivity index (χ0) is 9.84. The van der Waals surface area contributed by atoms with Crippen molar-refractivity contribution in [3.05, 3.63) is 11.6 Å². The lowest BCUT2D eigenvalue weighted by molar-refractivity contribution is -0.133. The van der Waals surface area contributed by atoms with Gasteiger partial charge in [0, 0.05) is 7.05 Å². The van der Waals surface area contributed by atoms with E-state index in [-0.39, 0.29) is 5.75 Å². The maximum absolute atomic E-state index is 10.2. The molecule has 0 saturated heterocycles. The zero-order valence-corrected chi connectivity index (χ0v) is 8.34. The molecular formula is C7H11N3O2S. The van der Waals surface area contributed by atoms with Crippen molar-refractivity contribution < 1.29 is 9.90 Å². The van der Waals surface area contributed by atoms with Crippen molar-refractivity contribution in [2.24, 2.45) is 7.05 Å². The summed E-state index contributed by atoms with van der Waals surface area (Å²) in [6.07, 6.45) is 0. The van der Waals surface area contributed by atoms with Gasteiger partial charge in [-0.15, -0.1) is 11.8 Å². The molecule has 0 unspecified atom stereocenters. The first kappa shape index (κ1) is 10.0. The van der Waals surface area contributed by atoms with Crippen molar-refractivity contribution in [3.8, 4) is 0 Å². The van der Waals surface area contributed by atoms with Gasteiger partial charge in [0.1, 0.15) is 11.6 Å². The van der Waals surface area contributed by atoms with Crippen LogP contribution in [-0.4, -0.2) is 31.6 Å². The summed E-state index contributed by atoms with van der Waals surface area (Å²) in [5.41, 5.74) is 0. The third kappa shape index (κ3) is 3.06. The molecule has 0 radical (unpaired) electrons. The number of aliphatic carboxylic acids is 1. The summed E-state index contributed by atoms with van der Waals surface area (Å²) >= 11 is 1.32. The van der Waals surface area contributed by atoms with Crippen LogP contribution >= 0.6 is 11.8 Å². The molecule has 72 valence electrons. The van der Waals surface area contributed by atoms with Crippen molar-refractivity contribution in [1.82, 2.24) is 14.8 Å². The fraction of sp³-hybridized carbons (Fsp3) is 0.571. The Kier molecular flexibility index (Phi) is 3.30. The van der Waals surface area contributed by atoms with E-state index in [0.29, 0.717) is 11.6 Å². The first-order valence-electron chi connectivity index (χ1n) is 3.75. The van der Waals surface area contributed by atoms with E-state index in [1.807, 2.05) is 6.92 Å². The lowest BCUT2D eigenvalue weighted by Gasteiger charge is -1.97. The van der Waals surface area contributed by atoms with Crippen LogP contribution < -0.4 is 0 Å². The highest BCUT2D eigenvalue weighted by Crippen LogP contribution is 2.08. The summed E-state index contributed by atoms with van der Waals surface area (Å²) < 4.78 is 1.67. The minimum Gasteiger partial charge on any atom is -0.481 e. The Morgan fingerprint density at radius 1 is 1.69 bits per heavy atom. The molecule has 0 atom stereocenters. The van der Waals surface area contributed by atoms with Crippen molar-refractivity contribution in [3.63, 3.8) is 0 Å². The Labute approximate surface area is 80.2 Å². The maximum Gasteiger partial charge on any atom is 0.313 e. The van der Waals surface area contributed by atoms with Gasteiger partial charge in [-0.1, -0.05) is 0 Å². The molecule has 0 aliphatic heterocycles. The lowest BCUT2D eigenvalue weighted by Crippen LogP contribution is -2.01. The molecule has 1 rings (SSSR count). The van der Waals surface area contributed by atoms with Gasteiger partial charge in [-0.2, -0.15) is 5.10 Å². The molecule has 0 fully saturated rings. The Hall–Kier alpha value is -1.04. The fourth-order valence-corrected chi connectivity index (χ4v) is 1.62. The second-order valence-electron chi connectivity index (χ2n) is 2.59. The van der Waals surface area contributed by atoms with Gasteiger partial charge in [0.2, 0.25) is 0 Å². The molecule has 0 bridgehead atoms. The first-order valence-corrected chi connectivity index (χ1v) is 4.91. The Balaban J connectivity index is 2.45. The summed E-state index contributed by atoms with van der Waals surface area (Å²) in [5, 5.41) is 12.5. The Morgan fingerprint density at radius 3 is 2.85 bits per heavy atom. The van der Waals surface area contributed by atoms with Crippen molar-refractivity contribution >= 4 is 17.7 Å². The molecule has 0 aliphatic rings. The molecule has 0 saturated carbocycles. The van der Waals surface area contributed by atoms with Crippen molar-refractivity contribution in [2.45, 2.75) is 12.7 Å². The van der Waals surface area contributed by atoms with E-state index >= 15 is 0 Å². The number of rotatable bonds is 4. The number of thioether (sulfide) groups is 1. The molecule has 1 heterocycles. The summed E-state index contributed by atoms with van der Waals surface area (Å²) in [6.45, 7) is 1.81. The van der Waals surface area contributed by atoms with Gasteiger partial charge in [-0.3, -0.25) is 9.48 Å². The Bertz CT molecular complexity index is 311. The van der Waals surface area contributed by atoms with Gasteiger partial charge in [-0.25, -0.2) is 4.98 Å². The average molecular weight is 201 g/mol. The van der Waals surface area contributed by atoms with E-state index in [4.69, 9.17) is 5.11 Å². The molecule has 1 aromatic heterocycles. The van der Waals surface area contributed by atoms with Crippen LogP contribution in [0.3, 0.4) is 0 Å². The molecule has 5 nitrogen and oxygen atoms in total. The molecule has 6 heteroatoms. The van der Waals surface area contributed by atoms with Gasteiger partial charge in [0.15, 0.2) is 0 Å². The van der Waals surface area contributed by atoms with Crippen molar-refractivity contribution in [1.29, 1.82) is 0 Å². The number of hydrogen-bond acceptors (Lipinski definition) is 4. The van der Waals surface area contributed by atoms with Crippen LogP contribution in [-0.2, 0) is 17.6 Å². The van der Waals surface area contributed by atoms with E-state index in [1.165, 1.54) is 11.8 Å². The largest absolute Gasteiger partial charge is 0.481 e. The number of carbonyl (C=O) groups is 1. The van der Waals surface area contributed by atoms with E-state index in [9.17, 15) is 4.79 Å². The normalized spacial score (nSPS) is 10.3. The standard InChI is InChI=1S/C7H11N3O2S/c1-5-8-6(10(2)9-5)3-13-4-7(11)12/h3-4H2,1-2H3,(H,11,12). The number of hydrogen-bond donors (Lipinski definition) is 1. The molecule has 0 aromatic carbocycles. The predicted molar refractivity (Wildman–Crippen MR) is 49.5 cm³/mol. The molecule has 13 heavy (non-hydrogen) atoms. The van der Waals surface area contributed by atoms with E-state index in [1.54, 1.807) is 11.7 Å². The minimum atomic E-state index is -0.802. The number of carboxylic acid groups (broad SMARTS) is 1. The summed E-state index contributed by atoms with van der Waals surface area (Å²) in [7, 11) is 1.80. The van der Waals surface area contributed by atoms with Crippen LogP contribution in [0.1, 0.15) is 11.6 Å². The van der Waals surface area contributed by atoms with E-state index < -0.39 is 5.97 Å². The van der Waals surface area contributed by atoms with Crippen LogP contribution in [0.2, 0.25) is 0 Å². The Morgan fingerprint density at radius 2 is 2.38 bits per heavy atom. The van der Waals surface area contributed by atoms with Gasteiger partial charge in [-0.05, 0) is 6.92 Å². The monoisotopic (exact) mass is 201 g/mol. The molecule has 0 spiro atoms. The van der Waals surface area contributed by atoms with E-state index in [0.717, 1.165) is 5.82 Å². The summed E-state index contributed by atoms with van der Waals surface area (Å²) in [6, 6.07) is 0. The maximum atomic E-state index is 10.2. The zero-order valence-electron chi connectivity index (χ0n) is 7.52. The van der Waals surface area contributed by atoms with Gasteiger partial charge in [0.05, 0.1) is 11.5 Å². The molecular weight excluding hydrogens is 190 g/mol.